The second-order valence-corrected chi connectivity index (χ2v) is 6.68. The standard InChI is InChI=1S/C21H24BrNO6/c1-4-27-18-10-15(17(22)11-19(18)28-5-2)13-29-20(24)12-23-21(25)14-6-8-16(26-3)9-7-14/h6-11H,4-5,12-13H2,1-3H3,(H,23,25). The van der Waals surface area contributed by atoms with Crippen LogP contribution in [-0.4, -0.2) is 38.7 Å². The molecule has 0 fully saturated rings. The lowest BCUT2D eigenvalue weighted by molar-refractivity contribution is -0.143. The zero-order valence-electron chi connectivity index (χ0n) is 16.6. The summed E-state index contributed by atoms with van der Waals surface area (Å²) in [7, 11) is 1.55. The van der Waals surface area contributed by atoms with Crippen molar-refractivity contribution in [1.29, 1.82) is 0 Å². The monoisotopic (exact) mass is 465 g/mol. The van der Waals surface area contributed by atoms with E-state index < -0.39 is 5.97 Å². The summed E-state index contributed by atoms with van der Waals surface area (Å²) in [4.78, 5) is 24.1. The number of carbonyl (C=O) groups is 2. The van der Waals surface area contributed by atoms with Gasteiger partial charge in [-0.1, -0.05) is 15.9 Å². The lowest BCUT2D eigenvalue weighted by Crippen LogP contribution is -2.30. The highest BCUT2D eigenvalue weighted by atomic mass is 79.9. The first-order valence-corrected chi connectivity index (χ1v) is 9.93. The van der Waals surface area contributed by atoms with E-state index in [1.165, 1.54) is 0 Å². The predicted octanol–water partition coefficient (Wildman–Crippen LogP) is 3.73. The average molecular weight is 466 g/mol. The van der Waals surface area contributed by atoms with Gasteiger partial charge in [0.25, 0.3) is 5.91 Å². The molecule has 29 heavy (non-hydrogen) atoms. The molecular formula is C21H24BrNO6. The van der Waals surface area contributed by atoms with Crippen molar-refractivity contribution in [2.45, 2.75) is 20.5 Å². The van der Waals surface area contributed by atoms with E-state index in [-0.39, 0.29) is 19.1 Å². The van der Waals surface area contributed by atoms with Crippen LogP contribution in [0.4, 0.5) is 0 Å². The summed E-state index contributed by atoms with van der Waals surface area (Å²) < 4.78 is 22.2. The largest absolute Gasteiger partial charge is 0.497 e. The van der Waals surface area contributed by atoms with Crippen LogP contribution in [-0.2, 0) is 16.1 Å². The molecule has 0 saturated carbocycles. The van der Waals surface area contributed by atoms with Crippen LogP contribution in [0.2, 0.25) is 0 Å². The lowest BCUT2D eigenvalue weighted by Gasteiger charge is -2.14. The fourth-order valence-corrected chi connectivity index (χ4v) is 2.87. The van der Waals surface area contributed by atoms with Gasteiger partial charge in [-0.25, -0.2) is 0 Å². The van der Waals surface area contributed by atoms with Crippen molar-refractivity contribution in [3.8, 4) is 17.2 Å². The summed E-state index contributed by atoms with van der Waals surface area (Å²) in [5.41, 5.74) is 1.15. The summed E-state index contributed by atoms with van der Waals surface area (Å²) >= 11 is 3.45. The van der Waals surface area contributed by atoms with E-state index in [0.717, 1.165) is 10.0 Å². The Morgan fingerprint density at radius 3 is 2.21 bits per heavy atom. The summed E-state index contributed by atoms with van der Waals surface area (Å²) in [6.45, 7) is 4.55. The molecule has 0 bridgehead atoms. The second kappa shape index (κ2) is 11.3. The van der Waals surface area contributed by atoms with E-state index in [9.17, 15) is 9.59 Å². The summed E-state index contributed by atoms with van der Waals surface area (Å²) in [6.07, 6.45) is 0. The SMILES string of the molecule is CCOc1cc(Br)c(COC(=O)CNC(=O)c2ccc(OC)cc2)cc1OCC. The van der Waals surface area contributed by atoms with Crippen LogP contribution >= 0.6 is 15.9 Å². The van der Waals surface area contributed by atoms with Crippen LogP contribution in [0.5, 0.6) is 17.2 Å². The molecule has 0 aliphatic carbocycles. The molecule has 0 spiro atoms. The molecule has 0 unspecified atom stereocenters. The van der Waals surface area contributed by atoms with E-state index >= 15 is 0 Å². The number of rotatable bonds is 10. The molecule has 2 rings (SSSR count). The summed E-state index contributed by atoms with van der Waals surface area (Å²) in [5, 5.41) is 2.53. The first-order chi connectivity index (χ1) is 14.0. The van der Waals surface area contributed by atoms with Crippen molar-refractivity contribution in [3.63, 3.8) is 0 Å². The van der Waals surface area contributed by atoms with Crippen LogP contribution in [0.1, 0.15) is 29.8 Å². The van der Waals surface area contributed by atoms with Gasteiger partial charge in [-0.15, -0.1) is 0 Å². The van der Waals surface area contributed by atoms with E-state index in [4.69, 9.17) is 18.9 Å². The number of ether oxygens (including phenoxy) is 4. The molecule has 156 valence electrons. The Balaban J connectivity index is 1.91. The normalized spacial score (nSPS) is 10.2. The average Bonchev–Trinajstić information content (AvgIpc) is 2.73. The lowest BCUT2D eigenvalue weighted by atomic mass is 10.2. The Hall–Kier alpha value is -2.74. The Morgan fingerprint density at radius 1 is 1.00 bits per heavy atom. The Labute approximate surface area is 178 Å². The number of nitrogens with one attached hydrogen (secondary N) is 1. The molecule has 0 radical (unpaired) electrons. The van der Waals surface area contributed by atoms with E-state index in [2.05, 4.69) is 21.2 Å². The minimum atomic E-state index is -0.550. The Kier molecular flexibility index (Phi) is 8.79. The van der Waals surface area contributed by atoms with Crippen LogP contribution in [0.25, 0.3) is 0 Å². The molecule has 0 aliphatic rings. The minimum Gasteiger partial charge on any atom is -0.497 e. The topological polar surface area (TPSA) is 83.1 Å². The first-order valence-electron chi connectivity index (χ1n) is 9.14. The van der Waals surface area contributed by atoms with E-state index in [1.54, 1.807) is 43.5 Å². The highest BCUT2D eigenvalue weighted by Gasteiger charge is 2.14. The molecule has 0 aromatic heterocycles. The molecule has 7 nitrogen and oxygen atoms in total. The van der Waals surface area contributed by atoms with Gasteiger partial charge in [0, 0.05) is 15.6 Å². The summed E-state index contributed by atoms with van der Waals surface area (Å²) in [6, 6.07) is 10.1. The molecule has 1 amide bonds. The van der Waals surface area contributed by atoms with Gasteiger partial charge in [-0.3, -0.25) is 9.59 Å². The molecule has 0 aliphatic heterocycles. The number of halogens is 1. The fraction of sp³-hybridized carbons (Fsp3) is 0.333. The van der Waals surface area contributed by atoms with Crippen LogP contribution in [0.15, 0.2) is 40.9 Å². The summed E-state index contributed by atoms with van der Waals surface area (Å²) in [5.74, 6) is 0.920. The third kappa shape index (κ3) is 6.67. The molecule has 2 aromatic rings. The van der Waals surface area contributed by atoms with Gasteiger partial charge in [0.05, 0.1) is 20.3 Å². The molecule has 0 atom stereocenters. The van der Waals surface area contributed by atoms with Crippen molar-refractivity contribution in [2.24, 2.45) is 0 Å². The van der Waals surface area contributed by atoms with Crippen molar-refractivity contribution < 1.29 is 28.5 Å². The number of hydrogen-bond donors (Lipinski definition) is 1. The van der Waals surface area contributed by atoms with Crippen molar-refractivity contribution in [3.05, 3.63) is 52.0 Å². The predicted molar refractivity (Wildman–Crippen MR) is 112 cm³/mol. The maximum atomic E-state index is 12.1. The molecule has 2 aromatic carbocycles. The van der Waals surface area contributed by atoms with Gasteiger partial charge in [-0.05, 0) is 50.2 Å². The number of esters is 1. The van der Waals surface area contributed by atoms with E-state index in [1.807, 2.05) is 13.8 Å². The van der Waals surface area contributed by atoms with Gasteiger partial charge in [0.2, 0.25) is 0 Å². The smallest absolute Gasteiger partial charge is 0.325 e. The Morgan fingerprint density at radius 2 is 1.62 bits per heavy atom. The van der Waals surface area contributed by atoms with Gasteiger partial charge >= 0.3 is 5.97 Å². The number of carbonyl (C=O) groups excluding carboxylic acids is 2. The highest BCUT2D eigenvalue weighted by molar-refractivity contribution is 9.10. The van der Waals surface area contributed by atoms with Gasteiger partial charge in [0.15, 0.2) is 11.5 Å². The third-order valence-electron chi connectivity index (χ3n) is 3.85. The van der Waals surface area contributed by atoms with Gasteiger partial charge in [-0.2, -0.15) is 0 Å². The van der Waals surface area contributed by atoms with Crippen LogP contribution < -0.4 is 19.5 Å². The van der Waals surface area contributed by atoms with E-state index in [0.29, 0.717) is 36.0 Å². The van der Waals surface area contributed by atoms with Crippen LogP contribution in [0.3, 0.4) is 0 Å². The molecule has 0 saturated heterocycles. The van der Waals surface area contributed by atoms with Crippen molar-refractivity contribution in [1.82, 2.24) is 5.32 Å². The third-order valence-corrected chi connectivity index (χ3v) is 4.58. The second-order valence-electron chi connectivity index (χ2n) is 5.83. The van der Waals surface area contributed by atoms with Gasteiger partial charge < -0.3 is 24.3 Å². The number of methoxy groups -OCH3 is 1. The number of amides is 1. The minimum absolute atomic E-state index is 0.0320. The molecule has 8 heteroatoms. The quantitative estimate of drug-likeness (QED) is 0.538. The molecular weight excluding hydrogens is 442 g/mol. The number of hydrogen-bond acceptors (Lipinski definition) is 6. The molecule has 1 N–H and O–H groups in total. The zero-order chi connectivity index (χ0) is 21.2. The zero-order valence-corrected chi connectivity index (χ0v) is 18.2. The highest BCUT2D eigenvalue weighted by Crippen LogP contribution is 2.34. The van der Waals surface area contributed by atoms with Crippen LogP contribution in [0, 0.1) is 0 Å². The Bertz CT molecular complexity index is 838. The van der Waals surface area contributed by atoms with Crippen molar-refractivity contribution >= 4 is 27.8 Å². The van der Waals surface area contributed by atoms with Gasteiger partial charge in [0.1, 0.15) is 18.9 Å². The maximum Gasteiger partial charge on any atom is 0.325 e. The number of benzene rings is 2. The molecule has 0 heterocycles. The fourth-order valence-electron chi connectivity index (χ4n) is 2.43. The first kappa shape index (κ1) is 22.5. The van der Waals surface area contributed by atoms with Crippen molar-refractivity contribution in [2.75, 3.05) is 26.9 Å². The maximum absolute atomic E-state index is 12.1.